The van der Waals surface area contributed by atoms with Crippen LogP contribution in [0.25, 0.3) is 0 Å². The van der Waals surface area contributed by atoms with Crippen molar-refractivity contribution < 1.29 is 14.3 Å². The molecule has 0 heterocycles. The van der Waals surface area contributed by atoms with Crippen molar-refractivity contribution in [3.63, 3.8) is 0 Å². The second-order valence-electron chi connectivity index (χ2n) is 5.73. The molecule has 2 rings (SSSR count). The van der Waals surface area contributed by atoms with Gasteiger partial charge in [-0.1, -0.05) is 60.7 Å². The van der Waals surface area contributed by atoms with Crippen molar-refractivity contribution in [2.75, 3.05) is 6.61 Å². The number of carbonyl (C=O) groups is 2. The summed E-state index contributed by atoms with van der Waals surface area (Å²) < 4.78 is 4.94. The fraction of sp³-hybridized carbons (Fsp3) is 0.300. The van der Waals surface area contributed by atoms with Gasteiger partial charge in [0.15, 0.2) is 0 Å². The number of hydrogen-bond donors (Lipinski definition) is 2. The fourth-order valence-corrected chi connectivity index (χ4v) is 2.56. The number of benzene rings is 2. The van der Waals surface area contributed by atoms with Crippen molar-refractivity contribution in [1.82, 2.24) is 10.6 Å². The van der Waals surface area contributed by atoms with E-state index in [0.717, 1.165) is 11.1 Å². The van der Waals surface area contributed by atoms with Gasteiger partial charge in [-0.2, -0.15) is 0 Å². The molecule has 2 aromatic carbocycles. The Morgan fingerprint density at radius 1 is 0.920 bits per heavy atom. The first-order valence-corrected chi connectivity index (χ1v) is 8.42. The van der Waals surface area contributed by atoms with Crippen LogP contribution in [-0.4, -0.2) is 18.6 Å². The van der Waals surface area contributed by atoms with Crippen molar-refractivity contribution >= 4 is 12.0 Å². The van der Waals surface area contributed by atoms with Crippen LogP contribution in [0.1, 0.15) is 43.5 Å². The van der Waals surface area contributed by atoms with Gasteiger partial charge in [0, 0.05) is 0 Å². The molecule has 0 aliphatic rings. The van der Waals surface area contributed by atoms with Crippen molar-refractivity contribution in [2.45, 2.75) is 32.4 Å². The van der Waals surface area contributed by atoms with E-state index in [4.69, 9.17) is 4.74 Å². The van der Waals surface area contributed by atoms with Crippen LogP contribution < -0.4 is 10.6 Å². The van der Waals surface area contributed by atoms with Gasteiger partial charge in [0.05, 0.1) is 25.1 Å². The standard InChI is InChI=1S/C20H24N2O3/c1-3-25-20(24)22-18(17-12-8-5-9-13-17)14-19(23)21-15(2)16-10-6-4-7-11-16/h4-13,15,18H,3,14H2,1-2H3,(H,21,23)(H,22,24)/t15-,18-/m1/s1. The number of ether oxygens (including phenoxy) is 1. The molecule has 0 saturated heterocycles. The zero-order valence-corrected chi connectivity index (χ0v) is 14.6. The highest BCUT2D eigenvalue weighted by Gasteiger charge is 2.20. The van der Waals surface area contributed by atoms with Gasteiger partial charge in [-0.05, 0) is 25.0 Å². The number of carbonyl (C=O) groups excluding carboxylic acids is 2. The average Bonchev–Trinajstić information content (AvgIpc) is 2.63. The van der Waals surface area contributed by atoms with E-state index in [1.807, 2.05) is 67.6 Å². The molecule has 0 radical (unpaired) electrons. The van der Waals surface area contributed by atoms with Crippen molar-refractivity contribution in [2.24, 2.45) is 0 Å². The zero-order valence-electron chi connectivity index (χ0n) is 14.6. The van der Waals surface area contributed by atoms with Crippen LogP contribution in [0, 0.1) is 0 Å². The largest absolute Gasteiger partial charge is 0.450 e. The van der Waals surface area contributed by atoms with Crippen molar-refractivity contribution in [3.05, 3.63) is 71.8 Å². The molecule has 2 aromatic rings. The van der Waals surface area contributed by atoms with Gasteiger partial charge in [0.25, 0.3) is 0 Å². The molecule has 0 saturated carbocycles. The van der Waals surface area contributed by atoms with E-state index < -0.39 is 12.1 Å². The van der Waals surface area contributed by atoms with Gasteiger partial charge >= 0.3 is 6.09 Å². The summed E-state index contributed by atoms with van der Waals surface area (Å²) in [6, 6.07) is 18.6. The molecule has 0 spiro atoms. The summed E-state index contributed by atoms with van der Waals surface area (Å²) in [6.07, 6.45) is -0.389. The molecule has 132 valence electrons. The summed E-state index contributed by atoms with van der Waals surface area (Å²) in [4.78, 5) is 24.2. The van der Waals surface area contributed by atoms with Crippen LogP contribution in [0.4, 0.5) is 4.79 Å². The minimum atomic E-state index is -0.528. The number of nitrogens with one attached hydrogen (secondary N) is 2. The summed E-state index contributed by atoms with van der Waals surface area (Å²) in [5.74, 6) is -0.137. The molecular formula is C20H24N2O3. The Kier molecular flexibility index (Phi) is 7.01. The second-order valence-corrected chi connectivity index (χ2v) is 5.73. The average molecular weight is 340 g/mol. The first kappa shape index (κ1) is 18.5. The van der Waals surface area contributed by atoms with Gasteiger partial charge < -0.3 is 15.4 Å². The van der Waals surface area contributed by atoms with Gasteiger partial charge in [-0.15, -0.1) is 0 Å². The quantitative estimate of drug-likeness (QED) is 0.807. The summed E-state index contributed by atoms with van der Waals surface area (Å²) in [7, 11) is 0. The van der Waals surface area contributed by atoms with Gasteiger partial charge in [-0.3, -0.25) is 4.79 Å². The smallest absolute Gasteiger partial charge is 0.407 e. The molecule has 0 aliphatic carbocycles. The Balaban J connectivity index is 2.02. The molecule has 0 aliphatic heterocycles. The lowest BCUT2D eigenvalue weighted by atomic mass is 10.0. The third-order valence-corrected chi connectivity index (χ3v) is 3.84. The fourth-order valence-electron chi connectivity index (χ4n) is 2.56. The maximum atomic E-state index is 12.4. The highest BCUT2D eigenvalue weighted by Crippen LogP contribution is 2.18. The molecule has 5 heteroatoms. The SMILES string of the molecule is CCOC(=O)N[C@H](CC(=O)N[C@H](C)c1ccccc1)c1ccccc1. The molecule has 25 heavy (non-hydrogen) atoms. The Bertz CT molecular complexity index is 674. The van der Waals surface area contributed by atoms with Crippen molar-refractivity contribution in [1.29, 1.82) is 0 Å². The topological polar surface area (TPSA) is 67.4 Å². The molecule has 0 bridgehead atoms. The van der Waals surface area contributed by atoms with E-state index in [-0.39, 0.29) is 25.0 Å². The highest BCUT2D eigenvalue weighted by atomic mass is 16.5. The summed E-state index contributed by atoms with van der Waals surface area (Å²) >= 11 is 0. The molecule has 0 unspecified atom stereocenters. The minimum Gasteiger partial charge on any atom is -0.450 e. The first-order chi connectivity index (χ1) is 12.1. The molecule has 0 fully saturated rings. The van der Waals surface area contributed by atoms with Crippen LogP contribution in [0.3, 0.4) is 0 Å². The van der Waals surface area contributed by atoms with Crippen LogP contribution in [-0.2, 0) is 9.53 Å². The zero-order chi connectivity index (χ0) is 18.1. The van der Waals surface area contributed by atoms with Gasteiger partial charge in [0.2, 0.25) is 5.91 Å². The molecule has 2 atom stereocenters. The van der Waals surface area contributed by atoms with E-state index in [1.165, 1.54) is 0 Å². The van der Waals surface area contributed by atoms with E-state index in [9.17, 15) is 9.59 Å². The summed E-state index contributed by atoms with van der Waals surface area (Å²) in [5.41, 5.74) is 1.89. The maximum absolute atomic E-state index is 12.4. The molecule has 0 aromatic heterocycles. The summed E-state index contributed by atoms with van der Waals surface area (Å²) in [6.45, 7) is 3.96. The normalized spacial score (nSPS) is 12.7. The van der Waals surface area contributed by atoms with E-state index >= 15 is 0 Å². The third-order valence-electron chi connectivity index (χ3n) is 3.84. The lowest BCUT2D eigenvalue weighted by molar-refractivity contribution is -0.122. The van der Waals surface area contributed by atoms with E-state index in [0.29, 0.717) is 0 Å². The molecule has 2 amide bonds. The summed E-state index contributed by atoms with van der Waals surface area (Å²) in [5, 5.41) is 5.73. The Hall–Kier alpha value is -2.82. The molecular weight excluding hydrogens is 316 g/mol. The number of hydrogen-bond acceptors (Lipinski definition) is 3. The Labute approximate surface area is 148 Å². The van der Waals surface area contributed by atoms with E-state index in [1.54, 1.807) is 6.92 Å². The van der Waals surface area contributed by atoms with Crippen LogP contribution in [0.2, 0.25) is 0 Å². The number of alkyl carbamates (subject to hydrolysis) is 1. The van der Waals surface area contributed by atoms with Gasteiger partial charge in [0.1, 0.15) is 0 Å². The predicted octanol–water partition coefficient (Wildman–Crippen LogP) is 3.74. The number of amides is 2. The van der Waals surface area contributed by atoms with Gasteiger partial charge in [-0.25, -0.2) is 4.79 Å². The highest BCUT2D eigenvalue weighted by molar-refractivity contribution is 5.78. The lowest BCUT2D eigenvalue weighted by Gasteiger charge is -2.20. The molecule has 5 nitrogen and oxygen atoms in total. The first-order valence-electron chi connectivity index (χ1n) is 8.42. The minimum absolute atomic E-state index is 0.104. The Morgan fingerprint density at radius 2 is 1.48 bits per heavy atom. The number of rotatable bonds is 7. The van der Waals surface area contributed by atoms with E-state index in [2.05, 4.69) is 10.6 Å². The molecule has 2 N–H and O–H groups in total. The lowest BCUT2D eigenvalue weighted by Crippen LogP contribution is -2.35. The van der Waals surface area contributed by atoms with Crippen LogP contribution in [0.5, 0.6) is 0 Å². The predicted molar refractivity (Wildman–Crippen MR) is 97.0 cm³/mol. The monoisotopic (exact) mass is 340 g/mol. The Morgan fingerprint density at radius 3 is 2.04 bits per heavy atom. The second kappa shape index (κ2) is 9.47. The maximum Gasteiger partial charge on any atom is 0.407 e. The third kappa shape index (κ3) is 5.95. The van der Waals surface area contributed by atoms with Crippen LogP contribution in [0.15, 0.2) is 60.7 Å². The van der Waals surface area contributed by atoms with Crippen molar-refractivity contribution in [3.8, 4) is 0 Å². The van der Waals surface area contributed by atoms with Crippen LogP contribution >= 0.6 is 0 Å².